The second-order valence-electron chi connectivity index (χ2n) is 4.88. The van der Waals surface area contributed by atoms with Gasteiger partial charge in [-0.1, -0.05) is 6.92 Å². The molecule has 1 aromatic heterocycles. The average molecular weight is 379 g/mol. The van der Waals surface area contributed by atoms with Gasteiger partial charge in [-0.05, 0) is 37.8 Å². The van der Waals surface area contributed by atoms with Gasteiger partial charge in [0.05, 0.1) is 6.54 Å². The smallest absolute Gasteiger partial charge is 0.191 e. The van der Waals surface area contributed by atoms with Crippen molar-refractivity contribution in [2.45, 2.75) is 33.2 Å². The molecule has 2 heterocycles. The Morgan fingerprint density at radius 3 is 2.94 bits per heavy atom. The van der Waals surface area contributed by atoms with Gasteiger partial charge in [0.15, 0.2) is 5.96 Å². The van der Waals surface area contributed by atoms with Gasteiger partial charge in [-0.3, -0.25) is 0 Å². The molecule has 1 aliphatic heterocycles. The lowest BCUT2D eigenvalue weighted by atomic mass is 10.0. The molecule has 2 N–H and O–H groups in total. The summed E-state index contributed by atoms with van der Waals surface area (Å²) in [4.78, 5) is 9.33. The van der Waals surface area contributed by atoms with Crippen molar-refractivity contribution in [3.05, 3.63) is 21.9 Å². The molecule has 0 aromatic carbocycles. The lowest BCUT2D eigenvalue weighted by Crippen LogP contribution is -2.43. The van der Waals surface area contributed by atoms with Crippen LogP contribution in [0.25, 0.3) is 0 Å². The van der Waals surface area contributed by atoms with Gasteiger partial charge >= 0.3 is 0 Å². The Balaban J connectivity index is 0.00000162. The van der Waals surface area contributed by atoms with E-state index in [2.05, 4.69) is 35.9 Å². The molecule has 1 saturated heterocycles. The Bertz CT molecular complexity index is 403. The first-order valence-electron chi connectivity index (χ1n) is 6.25. The van der Waals surface area contributed by atoms with Crippen molar-refractivity contribution >= 4 is 41.3 Å². The third kappa shape index (κ3) is 4.42. The summed E-state index contributed by atoms with van der Waals surface area (Å²) in [6, 6.07) is 4.27. The summed E-state index contributed by atoms with van der Waals surface area (Å²) in [6.07, 6.45) is 2.55. The summed E-state index contributed by atoms with van der Waals surface area (Å²) >= 11 is 1.80. The first-order valence-corrected chi connectivity index (χ1v) is 7.07. The van der Waals surface area contributed by atoms with Crippen LogP contribution in [0.1, 0.15) is 29.5 Å². The lowest BCUT2D eigenvalue weighted by Gasteiger charge is -2.31. The van der Waals surface area contributed by atoms with E-state index in [0.29, 0.717) is 5.96 Å². The van der Waals surface area contributed by atoms with Crippen LogP contribution in [0.5, 0.6) is 0 Å². The topological polar surface area (TPSA) is 41.6 Å². The molecule has 1 aliphatic rings. The van der Waals surface area contributed by atoms with Crippen LogP contribution in [-0.2, 0) is 6.54 Å². The van der Waals surface area contributed by atoms with Crippen molar-refractivity contribution in [3.8, 4) is 0 Å². The number of aliphatic imine (C=N–C) groups is 1. The van der Waals surface area contributed by atoms with E-state index in [-0.39, 0.29) is 24.0 Å². The summed E-state index contributed by atoms with van der Waals surface area (Å²) in [5.74, 6) is 1.45. The average Bonchev–Trinajstić information content (AvgIpc) is 2.72. The fraction of sp³-hybridized carbons (Fsp3) is 0.615. The summed E-state index contributed by atoms with van der Waals surface area (Å²) in [5, 5.41) is 0. The van der Waals surface area contributed by atoms with Gasteiger partial charge in [-0.15, -0.1) is 35.3 Å². The minimum Gasteiger partial charge on any atom is -0.370 e. The van der Waals surface area contributed by atoms with Crippen molar-refractivity contribution in [2.75, 3.05) is 13.1 Å². The molecule has 1 aromatic rings. The van der Waals surface area contributed by atoms with Crippen LogP contribution < -0.4 is 5.73 Å². The Hall–Kier alpha value is -0.300. The molecule has 0 amide bonds. The third-order valence-corrected chi connectivity index (χ3v) is 4.16. The number of hydrogen-bond acceptors (Lipinski definition) is 2. The van der Waals surface area contributed by atoms with Crippen molar-refractivity contribution in [1.82, 2.24) is 4.90 Å². The Morgan fingerprint density at radius 2 is 2.33 bits per heavy atom. The molecule has 1 unspecified atom stereocenters. The van der Waals surface area contributed by atoms with Gasteiger partial charge in [0, 0.05) is 22.8 Å². The van der Waals surface area contributed by atoms with Crippen LogP contribution in [0.3, 0.4) is 0 Å². The molecular weight excluding hydrogens is 357 g/mol. The number of hydrogen-bond donors (Lipinski definition) is 1. The number of guanidine groups is 1. The summed E-state index contributed by atoms with van der Waals surface area (Å²) in [5.41, 5.74) is 6.05. The second kappa shape index (κ2) is 7.33. The fourth-order valence-electron chi connectivity index (χ4n) is 2.23. The number of nitrogens with two attached hydrogens (primary N) is 1. The van der Waals surface area contributed by atoms with Crippen LogP contribution in [-0.4, -0.2) is 23.9 Å². The second-order valence-corrected chi connectivity index (χ2v) is 6.25. The van der Waals surface area contributed by atoms with Crippen LogP contribution >= 0.6 is 35.3 Å². The molecular formula is C13H22IN3S. The van der Waals surface area contributed by atoms with Gasteiger partial charge in [-0.25, -0.2) is 4.99 Å². The van der Waals surface area contributed by atoms with Crippen molar-refractivity contribution < 1.29 is 0 Å². The van der Waals surface area contributed by atoms with E-state index >= 15 is 0 Å². The zero-order valence-electron chi connectivity index (χ0n) is 11.1. The maximum Gasteiger partial charge on any atom is 0.191 e. The van der Waals surface area contributed by atoms with Gasteiger partial charge in [0.25, 0.3) is 0 Å². The van der Waals surface area contributed by atoms with Crippen LogP contribution in [0.4, 0.5) is 0 Å². The van der Waals surface area contributed by atoms with E-state index in [1.54, 1.807) is 11.3 Å². The predicted octanol–water partition coefficient (Wildman–Crippen LogP) is 3.22. The van der Waals surface area contributed by atoms with E-state index in [0.717, 1.165) is 25.6 Å². The molecule has 0 saturated carbocycles. The standard InChI is InChI=1S/C13H21N3S.HI/c1-10-4-3-7-16(9-10)13(14)15-8-12-6-5-11(2)17-12;/h5-6,10H,3-4,7-9H2,1-2H3,(H2,14,15);1H. The van der Waals surface area contributed by atoms with E-state index in [1.807, 2.05) is 0 Å². The minimum absolute atomic E-state index is 0. The van der Waals surface area contributed by atoms with E-state index < -0.39 is 0 Å². The number of halogens is 1. The molecule has 0 bridgehead atoms. The maximum atomic E-state index is 6.05. The SMILES string of the molecule is Cc1ccc(CN=C(N)N2CCCC(C)C2)s1.I. The van der Waals surface area contributed by atoms with Crippen molar-refractivity contribution in [3.63, 3.8) is 0 Å². The minimum atomic E-state index is 0. The van der Waals surface area contributed by atoms with Crippen LogP contribution in [0.15, 0.2) is 17.1 Å². The Morgan fingerprint density at radius 1 is 1.56 bits per heavy atom. The zero-order chi connectivity index (χ0) is 12.3. The number of rotatable bonds is 2. The van der Waals surface area contributed by atoms with E-state index in [9.17, 15) is 0 Å². The quantitative estimate of drug-likeness (QED) is 0.487. The number of aryl methyl sites for hydroxylation is 1. The van der Waals surface area contributed by atoms with Crippen LogP contribution in [0.2, 0.25) is 0 Å². The molecule has 102 valence electrons. The summed E-state index contributed by atoms with van der Waals surface area (Å²) in [6.45, 7) is 7.23. The monoisotopic (exact) mass is 379 g/mol. The van der Waals surface area contributed by atoms with Crippen molar-refractivity contribution in [1.29, 1.82) is 0 Å². The summed E-state index contributed by atoms with van der Waals surface area (Å²) < 4.78 is 0. The fourth-order valence-corrected chi connectivity index (χ4v) is 3.04. The van der Waals surface area contributed by atoms with Gasteiger partial charge in [0.2, 0.25) is 0 Å². The number of nitrogens with zero attached hydrogens (tertiary/aromatic N) is 2. The van der Waals surface area contributed by atoms with E-state index in [1.165, 1.54) is 22.6 Å². The first-order chi connectivity index (χ1) is 8.15. The molecule has 1 fully saturated rings. The highest BCUT2D eigenvalue weighted by Crippen LogP contribution is 2.17. The number of thiophene rings is 1. The number of piperidine rings is 1. The third-order valence-electron chi connectivity index (χ3n) is 3.17. The molecule has 0 radical (unpaired) electrons. The van der Waals surface area contributed by atoms with Gasteiger partial charge in [-0.2, -0.15) is 0 Å². The largest absolute Gasteiger partial charge is 0.370 e. The molecule has 3 nitrogen and oxygen atoms in total. The normalized spacial score (nSPS) is 20.7. The molecule has 1 atom stereocenters. The Kier molecular flexibility index (Phi) is 6.42. The maximum absolute atomic E-state index is 6.05. The molecule has 18 heavy (non-hydrogen) atoms. The molecule has 5 heteroatoms. The zero-order valence-corrected chi connectivity index (χ0v) is 14.2. The highest BCUT2D eigenvalue weighted by molar-refractivity contribution is 14.0. The molecule has 0 spiro atoms. The highest BCUT2D eigenvalue weighted by Gasteiger charge is 2.17. The highest BCUT2D eigenvalue weighted by atomic mass is 127. The predicted molar refractivity (Wildman–Crippen MR) is 89.8 cm³/mol. The Labute approximate surface area is 130 Å². The first kappa shape index (κ1) is 15.8. The van der Waals surface area contributed by atoms with Gasteiger partial charge < -0.3 is 10.6 Å². The van der Waals surface area contributed by atoms with E-state index in [4.69, 9.17) is 5.73 Å². The molecule has 0 aliphatic carbocycles. The lowest BCUT2D eigenvalue weighted by molar-refractivity contribution is 0.270. The van der Waals surface area contributed by atoms with Crippen LogP contribution in [0, 0.1) is 12.8 Å². The summed E-state index contributed by atoms with van der Waals surface area (Å²) in [7, 11) is 0. The molecule has 2 rings (SSSR count). The number of likely N-dealkylation sites (tertiary alicyclic amines) is 1. The van der Waals surface area contributed by atoms with Crippen molar-refractivity contribution in [2.24, 2.45) is 16.6 Å². The van der Waals surface area contributed by atoms with Gasteiger partial charge in [0.1, 0.15) is 0 Å².